The highest BCUT2D eigenvalue weighted by atomic mass is 32.2. The highest BCUT2D eigenvalue weighted by Crippen LogP contribution is 2.22. The largest absolute Gasteiger partial charge is 0.367 e. The molecular weight excluding hydrogens is 468 g/mol. The fraction of sp³-hybridized carbons (Fsp3) is 0.391. The maximum absolute atomic E-state index is 12.8. The minimum Gasteiger partial charge on any atom is -0.367 e. The highest BCUT2D eigenvalue weighted by molar-refractivity contribution is 7.89. The number of piperidine rings is 1. The van der Waals surface area contributed by atoms with Gasteiger partial charge >= 0.3 is 0 Å². The van der Waals surface area contributed by atoms with Gasteiger partial charge in [0.25, 0.3) is 5.91 Å². The lowest BCUT2D eigenvalue weighted by Gasteiger charge is -2.31. The fourth-order valence-electron chi connectivity index (χ4n) is 3.83. The Morgan fingerprint density at radius 2 is 1.91 bits per heavy atom. The van der Waals surface area contributed by atoms with Crippen molar-refractivity contribution in [1.82, 2.24) is 29.4 Å². The molecule has 4 heterocycles. The summed E-state index contributed by atoms with van der Waals surface area (Å²) in [5, 5.41) is 10.2. The summed E-state index contributed by atoms with van der Waals surface area (Å²) in [4.78, 5) is 23.5. The van der Waals surface area contributed by atoms with Crippen LogP contribution in [0.3, 0.4) is 0 Å². The molecule has 1 fully saturated rings. The van der Waals surface area contributed by atoms with Gasteiger partial charge in [-0.1, -0.05) is 6.07 Å². The number of pyridine rings is 2. The minimum absolute atomic E-state index is 0.0950. The summed E-state index contributed by atoms with van der Waals surface area (Å²) in [5.74, 6) is 1.25. The van der Waals surface area contributed by atoms with Gasteiger partial charge < -0.3 is 15.5 Å². The van der Waals surface area contributed by atoms with Gasteiger partial charge in [-0.25, -0.2) is 18.4 Å². The van der Waals surface area contributed by atoms with E-state index in [1.165, 1.54) is 27.6 Å². The zero-order chi connectivity index (χ0) is 25.0. The molecule has 2 N–H and O–H groups in total. The Kier molecular flexibility index (Phi) is 7.31. The van der Waals surface area contributed by atoms with Crippen molar-refractivity contribution in [2.45, 2.75) is 30.3 Å². The number of anilines is 2. The van der Waals surface area contributed by atoms with E-state index in [2.05, 4.69) is 25.7 Å². The summed E-state index contributed by atoms with van der Waals surface area (Å²) in [6.07, 6.45) is 5.73. The molecule has 3 aromatic rings. The molecule has 0 aliphatic carbocycles. The number of carbonyl (C=O) groups excluding carboxylic acids is 1. The second kappa shape index (κ2) is 10.4. The number of aryl methyl sites for hydroxylation is 1. The molecule has 0 atom stereocenters. The van der Waals surface area contributed by atoms with Crippen molar-refractivity contribution >= 4 is 27.6 Å². The Bertz CT molecular complexity index is 1270. The molecule has 3 aromatic heterocycles. The number of aromatic nitrogens is 4. The average Bonchev–Trinajstić information content (AvgIpc) is 3.31. The van der Waals surface area contributed by atoms with Crippen molar-refractivity contribution in [2.75, 3.05) is 37.4 Å². The van der Waals surface area contributed by atoms with Crippen LogP contribution >= 0.6 is 0 Å². The Labute approximate surface area is 205 Å². The van der Waals surface area contributed by atoms with Gasteiger partial charge in [-0.3, -0.25) is 9.48 Å². The number of nitrogens with one attached hydrogen (secondary N) is 2. The number of rotatable bonds is 8. The molecule has 0 aromatic carbocycles. The van der Waals surface area contributed by atoms with E-state index in [1.807, 2.05) is 37.2 Å². The van der Waals surface area contributed by atoms with Crippen LogP contribution in [-0.2, 0) is 23.6 Å². The number of hydrogen-bond donors (Lipinski definition) is 2. The summed E-state index contributed by atoms with van der Waals surface area (Å²) < 4.78 is 28.5. The second-order valence-electron chi connectivity index (χ2n) is 8.67. The zero-order valence-corrected chi connectivity index (χ0v) is 20.9. The van der Waals surface area contributed by atoms with Crippen LogP contribution < -0.4 is 15.5 Å². The molecule has 1 aliphatic heterocycles. The smallest absolute Gasteiger partial charge is 0.253 e. The quantitative estimate of drug-likeness (QED) is 0.478. The van der Waals surface area contributed by atoms with Crippen molar-refractivity contribution in [3.63, 3.8) is 0 Å². The van der Waals surface area contributed by atoms with Crippen LogP contribution in [0, 0.1) is 0 Å². The third kappa shape index (κ3) is 5.95. The Hall–Kier alpha value is -3.51. The SMILES string of the molecule is CN(C)c1cccc(CNC(=O)c2ccc(NC3CCN(S(=O)(=O)c4cnn(C)c4)CC3)nc2)n1. The molecule has 1 amide bonds. The summed E-state index contributed by atoms with van der Waals surface area (Å²) in [6.45, 7) is 1.15. The number of hydrogen-bond acceptors (Lipinski definition) is 8. The van der Waals surface area contributed by atoms with Gasteiger partial charge in [0.15, 0.2) is 0 Å². The Morgan fingerprint density at radius 1 is 1.14 bits per heavy atom. The fourth-order valence-corrected chi connectivity index (χ4v) is 5.29. The molecule has 0 saturated carbocycles. The highest BCUT2D eigenvalue weighted by Gasteiger charge is 2.30. The van der Waals surface area contributed by atoms with E-state index in [1.54, 1.807) is 19.2 Å². The first-order chi connectivity index (χ1) is 16.7. The van der Waals surface area contributed by atoms with Gasteiger partial charge in [0.1, 0.15) is 16.5 Å². The standard InChI is InChI=1S/C23H30N8O3S/c1-29(2)22-6-4-5-19(28-22)14-25-23(32)17-7-8-21(24-13-17)27-18-9-11-31(12-10-18)35(33,34)20-15-26-30(3)16-20/h4-8,13,15-16,18H,9-12,14H2,1-3H3,(H,24,27)(H,25,32). The maximum atomic E-state index is 12.8. The normalized spacial score (nSPS) is 15.1. The number of sulfonamides is 1. The van der Waals surface area contributed by atoms with Gasteiger partial charge in [-0.05, 0) is 37.1 Å². The number of carbonyl (C=O) groups is 1. The molecule has 0 radical (unpaired) electrons. The van der Waals surface area contributed by atoms with E-state index < -0.39 is 10.0 Å². The van der Waals surface area contributed by atoms with Gasteiger partial charge in [-0.2, -0.15) is 9.40 Å². The van der Waals surface area contributed by atoms with Crippen molar-refractivity contribution in [2.24, 2.45) is 7.05 Å². The topological polar surface area (TPSA) is 125 Å². The molecule has 1 aliphatic rings. The summed E-state index contributed by atoms with van der Waals surface area (Å²) >= 11 is 0. The van der Waals surface area contributed by atoms with E-state index in [0.717, 1.165) is 11.5 Å². The lowest BCUT2D eigenvalue weighted by atomic mass is 10.1. The number of nitrogens with zero attached hydrogens (tertiary/aromatic N) is 6. The third-order valence-electron chi connectivity index (χ3n) is 5.83. The average molecular weight is 499 g/mol. The maximum Gasteiger partial charge on any atom is 0.253 e. The molecule has 12 heteroatoms. The summed E-state index contributed by atoms with van der Waals surface area (Å²) in [7, 11) is 2.00. The van der Waals surface area contributed by atoms with Crippen molar-refractivity contribution in [1.29, 1.82) is 0 Å². The van der Waals surface area contributed by atoms with E-state index >= 15 is 0 Å². The van der Waals surface area contributed by atoms with Crippen LogP contribution in [0.5, 0.6) is 0 Å². The van der Waals surface area contributed by atoms with Crippen LogP contribution in [0.25, 0.3) is 0 Å². The molecular formula is C23H30N8O3S. The zero-order valence-electron chi connectivity index (χ0n) is 20.0. The molecule has 11 nitrogen and oxygen atoms in total. The molecule has 0 unspecified atom stereocenters. The monoisotopic (exact) mass is 498 g/mol. The van der Waals surface area contributed by atoms with Crippen LogP contribution in [0.4, 0.5) is 11.6 Å². The first-order valence-electron chi connectivity index (χ1n) is 11.4. The predicted molar refractivity (Wildman–Crippen MR) is 133 cm³/mol. The van der Waals surface area contributed by atoms with Crippen LogP contribution in [0.1, 0.15) is 28.9 Å². The lowest BCUT2D eigenvalue weighted by molar-refractivity contribution is 0.0950. The second-order valence-corrected chi connectivity index (χ2v) is 10.6. The molecule has 4 rings (SSSR count). The van der Waals surface area contributed by atoms with Gasteiger partial charge in [-0.15, -0.1) is 0 Å². The molecule has 186 valence electrons. The van der Waals surface area contributed by atoms with E-state index in [4.69, 9.17) is 0 Å². The molecule has 35 heavy (non-hydrogen) atoms. The Balaban J connectivity index is 1.27. The Morgan fingerprint density at radius 3 is 2.54 bits per heavy atom. The van der Waals surface area contributed by atoms with Crippen LogP contribution in [-0.4, -0.2) is 71.6 Å². The van der Waals surface area contributed by atoms with Crippen LogP contribution in [0.15, 0.2) is 53.8 Å². The van der Waals surface area contributed by atoms with Gasteiger partial charge in [0, 0.05) is 52.7 Å². The number of amides is 1. The van der Waals surface area contributed by atoms with Crippen molar-refractivity contribution in [3.05, 3.63) is 60.2 Å². The van der Waals surface area contributed by atoms with Crippen molar-refractivity contribution in [3.8, 4) is 0 Å². The lowest BCUT2D eigenvalue weighted by Crippen LogP contribution is -2.42. The van der Waals surface area contributed by atoms with E-state index in [0.29, 0.717) is 43.9 Å². The van der Waals surface area contributed by atoms with Crippen LogP contribution in [0.2, 0.25) is 0 Å². The van der Waals surface area contributed by atoms with E-state index in [-0.39, 0.29) is 16.8 Å². The first kappa shape index (κ1) is 24.6. The van der Waals surface area contributed by atoms with Crippen molar-refractivity contribution < 1.29 is 13.2 Å². The van der Waals surface area contributed by atoms with Gasteiger partial charge in [0.2, 0.25) is 10.0 Å². The first-order valence-corrected chi connectivity index (χ1v) is 12.8. The van der Waals surface area contributed by atoms with Gasteiger partial charge in [0.05, 0.1) is 24.0 Å². The molecule has 0 bridgehead atoms. The summed E-state index contributed by atoms with van der Waals surface area (Å²) in [5.41, 5.74) is 1.23. The molecule has 1 saturated heterocycles. The minimum atomic E-state index is -3.53. The summed E-state index contributed by atoms with van der Waals surface area (Å²) in [6, 6.07) is 9.26. The third-order valence-corrected chi connectivity index (χ3v) is 7.68. The van der Waals surface area contributed by atoms with E-state index in [9.17, 15) is 13.2 Å². The molecule has 0 spiro atoms. The predicted octanol–water partition coefficient (Wildman–Crippen LogP) is 1.47.